The van der Waals surface area contributed by atoms with Gasteiger partial charge >= 0.3 is 0 Å². The molecule has 0 aromatic heterocycles. The Balaban J connectivity index is 1.99. The van der Waals surface area contributed by atoms with Gasteiger partial charge in [0.1, 0.15) is 0 Å². The average Bonchev–Trinajstić information content (AvgIpc) is 2.64. The van der Waals surface area contributed by atoms with Gasteiger partial charge in [0.25, 0.3) is 0 Å². The molecule has 0 bridgehead atoms. The Morgan fingerprint density at radius 1 is 1.50 bits per heavy atom. The predicted molar refractivity (Wildman–Crippen MR) is 43.8 cm³/mol. The van der Waals surface area contributed by atoms with Crippen LogP contribution < -0.4 is 11.1 Å². The molecule has 2 nitrogen and oxygen atoms in total. The van der Waals surface area contributed by atoms with Gasteiger partial charge in [0.2, 0.25) is 0 Å². The molecule has 0 radical (unpaired) electrons. The molecule has 3 N–H and O–H groups in total. The summed E-state index contributed by atoms with van der Waals surface area (Å²) in [5.74, 6) is 0.959. The van der Waals surface area contributed by atoms with Crippen molar-refractivity contribution in [3.8, 4) is 0 Å². The Kier molecular flexibility index (Phi) is 2.69. The lowest BCUT2D eigenvalue weighted by Gasteiger charge is -2.16. The molecule has 1 fully saturated rings. The van der Waals surface area contributed by atoms with Gasteiger partial charge < -0.3 is 11.1 Å². The van der Waals surface area contributed by atoms with Crippen LogP contribution in [0.15, 0.2) is 0 Å². The maximum absolute atomic E-state index is 5.68. The standard InChI is InChI=1S/C8H18N2/c1-6(9)7(2)10-5-8-3-4-8/h6-8,10H,3-5,9H2,1-2H3. The number of rotatable bonds is 4. The van der Waals surface area contributed by atoms with Crippen LogP contribution in [-0.2, 0) is 0 Å². The van der Waals surface area contributed by atoms with Crippen LogP contribution in [0.1, 0.15) is 26.7 Å². The normalized spacial score (nSPS) is 24.3. The highest BCUT2D eigenvalue weighted by Crippen LogP contribution is 2.27. The summed E-state index contributed by atoms with van der Waals surface area (Å²) in [6, 6.07) is 0.749. The van der Waals surface area contributed by atoms with Gasteiger partial charge in [-0.05, 0) is 39.2 Å². The van der Waals surface area contributed by atoms with E-state index in [0.717, 1.165) is 5.92 Å². The van der Waals surface area contributed by atoms with E-state index in [0.29, 0.717) is 6.04 Å². The summed E-state index contributed by atoms with van der Waals surface area (Å²) in [7, 11) is 0. The van der Waals surface area contributed by atoms with Gasteiger partial charge in [-0.25, -0.2) is 0 Å². The van der Waals surface area contributed by atoms with Crippen LogP contribution in [0.3, 0.4) is 0 Å². The zero-order valence-electron chi connectivity index (χ0n) is 6.93. The zero-order chi connectivity index (χ0) is 7.56. The molecule has 0 aliphatic heterocycles. The molecule has 1 aliphatic carbocycles. The smallest absolute Gasteiger partial charge is 0.0188 e. The fourth-order valence-corrected chi connectivity index (χ4v) is 0.860. The van der Waals surface area contributed by atoms with E-state index in [9.17, 15) is 0 Å². The van der Waals surface area contributed by atoms with Crippen LogP contribution >= 0.6 is 0 Å². The predicted octanol–water partition coefficient (Wildman–Crippen LogP) is 0.722. The Morgan fingerprint density at radius 2 is 2.10 bits per heavy atom. The second-order valence-electron chi connectivity index (χ2n) is 3.50. The van der Waals surface area contributed by atoms with Crippen molar-refractivity contribution in [1.29, 1.82) is 0 Å². The Labute approximate surface area is 63.2 Å². The first-order valence-corrected chi connectivity index (χ1v) is 4.19. The van der Waals surface area contributed by atoms with Crippen LogP contribution in [0.5, 0.6) is 0 Å². The average molecular weight is 142 g/mol. The molecule has 0 aromatic rings. The number of hydrogen-bond acceptors (Lipinski definition) is 2. The first kappa shape index (κ1) is 8.02. The molecular weight excluding hydrogens is 124 g/mol. The fraction of sp³-hybridized carbons (Fsp3) is 1.00. The highest BCUT2D eigenvalue weighted by molar-refractivity contribution is 4.79. The summed E-state index contributed by atoms with van der Waals surface area (Å²) in [4.78, 5) is 0. The van der Waals surface area contributed by atoms with E-state index in [1.54, 1.807) is 0 Å². The third kappa shape index (κ3) is 2.67. The molecule has 2 atom stereocenters. The van der Waals surface area contributed by atoms with Crippen LogP contribution in [0, 0.1) is 5.92 Å². The van der Waals surface area contributed by atoms with E-state index in [-0.39, 0.29) is 6.04 Å². The minimum atomic E-state index is 0.277. The van der Waals surface area contributed by atoms with Crippen molar-refractivity contribution in [2.75, 3.05) is 6.54 Å². The topological polar surface area (TPSA) is 38.0 Å². The summed E-state index contributed by atoms with van der Waals surface area (Å²) >= 11 is 0. The molecule has 0 amide bonds. The maximum Gasteiger partial charge on any atom is 0.0188 e. The number of nitrogens with two attached hydrogens (primary N) is 1. The van der Waals surface area contributed by atoms with Crippen LogP contribution in [0.2, 0.25) is 0 Å². The summed E-state index contributed by atoms with van der Waals surface area (Å²) in [5, 5.41) is 3.42. The molecular formula is C8H18N2. The quantitative estimate of drug-likeness (QED) is 0.607. The Bertz CT molecular complexity index is 97.4. The Hall–Kier alpha value is -0.0800. The van der Waals surface area contributed by atoms with Gasteiger partial charge in [-0.15, -0.1) is 0 Å². The van der Waals surface area contributed by atoms with Crippen LogP contribution in [0.25, 0.3) is 0 Å². The molecule has 0 heterocycles. The largest absolute Gasteiger partial charge is 0.327 e. The maximum atomic E-state index is 5.68. The molecule has 0 spiro atoms. The van der Waals surface area contributed by atoms with Gasteiger partial charge in [-0.2, -0.15) is 0 Å². The van der Waals surface area contributed by atoms with Crippen molar-refractivity contribution in [2.24, 2.45) is 11.7 Å². The van der Waals surface area contributed by atoms with Crippen molar-refractivity contribution in [1.82, 2.24) is 5.32 Å². The van der Waals surface area contributed by atoms with Gasteiger partial charge in [0, 0.05) is 12.1 Å². The first-order chi connectivity index (χ1) is 4.70. The number of hydrogen-bond donors (Lipinski definition) is 2. The molecule has 1 rings (SSSR count). The van der Waals surface area contributed by atoms with E-state index in [2.05, 4.69) is 12.2 Å². The highest BCUT2D eigenvalue weighted by Gasteiger charge is 2.21. The Morgan fingerprint density at radius 3 is 2.50 bits per heavy atom. The zero-order valence-corrected chi connectivity index (χ0v) is 6.93. The van der Waals surface area contributed by atoms with Crippen molar-refractivity contribution in [2.45, 2.75) is 38.8 Å². The lowest BCUT2D eigenvalue weighted by atomic mass is 10.2. The van der Waals surface area contributed by atoms with E-state index in [1.165, 1.54) is 19.4 Å². The fourth-order valence-electron chi connectivity index (χ4n) is 0.860. The molecule has 60 valence electrons. The minimum Gasteiger partial charge on any atom is -0.327 e. The van der Waals surface area contributed by atoms with E-state index < -0.39 is 0 Å². The SMILES string of the molecule is CC(N)C(C)NCC1CC1. The van der Waals surface area contributed by atoms with E-state index in [4.69, 9.17) is 5.73 Å². The van der Waals surface area contributed by atoms with Crippen molar-refractivity contribution >= 4 is 0 Å². The molecule has 1 aliphatic rings. The van der Waals surface area contributed by atoms with Crippen LogP contribution in [-0.4, -0.2) is 18.6 Å². The third-order valence-electron chi connectivity index (χ3n) is 2.21. The summed E-state index contributed by atoms with van der Waals surface area (Å²) in [5.41, 5.74) is 5.68. The van der Waals surface area contributed by atoms with Gasteiger partial charge in [-0.1, -0.05) is 0 Å². The van der Waals surface area contributed by atoms with Gasteiger partial charge in [-0.3, -0.25) is 0 Å². The van der Waals surface area contributed by atoms with Crippen LogP contribution in [0.4, 0.5) is 0 Å². The summed E-state index contributed by atoms with van der Waals surface area (Å²) < 4.78 is 0. The molecule has 10 heavy (non-hydrogen) atoms. The van der Waals surface area contributed by atoms with Gasteiger partial charge in [0.15, 0.2) is 0 Å². The molecule has 0 aromatic carbocycles. The highest BCUT2D eigenvalue weighted by atomic mass is 14.9. The second kappa shape index (κ2) is 3.35. The first-order valence-electron chi connectivity index (χ1n) is 4.19. The van der Waals surface area contributed by atoms with Crippen molar-refractivity contribution in [3.05, 3.63) is 0 Å². The lowest BCUT2D eigenvalue weighted by Crippen LogP contribution is -2.41. The molecule has 1 saturated carbocycles. The number of nitrogens with one attached hydrogen (secondary N) is 1. The van der Waals surface area contributed by atoms with Crippen molar-refractivity contribution < 1.29 is 0 Å². The van der Waals surface area contributed by atoms with Gasteiger partial charge in [0.05, 0.1) is 0 Å². The van der Waals surface area contributed by atoms with Crippen molar-refractivity contribution in [3.63, 3.8) is 0 Å². The molecule has 0 saturated heterocycles. The molecule has 2 heteroatoms. The molecule has 2 unspecified atom stereocenters. The van der Waals surface area contributed by atoms with E-state index >= 15 is 0 Å². The third-order valence-corrected chi connectivity index (χ3v) is 2.21. The summed E-state index contributed by atoms with van der Waals surface area (Å²) in [6.45, 7) is 5.36. The second-order valence-corrected chi connectivity index (χ2v) is 3.50. The minimum absolute atomic E-state index is 0.277. The van der Waals surface area contributed by atoms with E-state index in [1.807, 2.05) is 6.92 Å². The lowest BCUT2D eigenvalue weighted by molar-refractivity contribution is 0.467. The monoisotopic (exact) mass is 142 g/mol. The summed E-state index contributed by atoms with van der Waals surface area (Å²) in [6.07, 6.45) is 2.83.